The van der Waals surface area contributed by atoms with Gasteiger partial charge in [-0.05, 0) is 40.8 Å². The summed E-state index contributed by atoms with van der Waals surface area (Å²) < 4.78 is 0.620. The molecule has 0 fully saturated rings. The minimum atomic E-state index is -0.104. The standard InChI is InChI=1S/C13H13BrN2O/c14-12-9-15-11(13(17)16-12)8-4-7-10-5-2-1-3-6-10/h1-3,5-6,9H,4,7-8H2,(H,16,17). The predicted molar refractivity (Wildman–Crippen MR) is 71.0 cm³/mol. The summed E-state index contributed by atoms with van der Waals surface area (Å²) in [5.74, 6) is 0. The van der Waals surface area contributed by atoms with Gasteiger partial charge < -0.3 is 4.98 Å². The summed E-state index contributed by atoms with van der Waals surface area (Å²) in [4.78, 5) is 18.3. The number of H-pyrrole nitrogens is 1. The van der Waals surface area contributed by atoms with E-state index in [1.54, 1.807) is 6.20 Å². The van der Waals surface area contributed by atoms with Gasteiger partial charge in [0.15, 0.2) is 0 Å². The molecule has 1 heterocycles. The first-order chi connectivity index (χ1) is 8.25. The lowest BCUT2D eigenvalue weighted by atomic mass is 10.1. The van der Waals surface area contributed by atoms with Crippen LogP contribution >= 0.6 is 15.9 Å². The SMILES string of the molecule is O=c1[nH]c(Br)cnc1CCCc1ccccc1. The van der Waals surface area contributed by atoms with Crippen molar-refractivity contribution in [1.29, 1.82) is 0 Å². The first-order valence-electron chi connectivity index (χ1n) is 5.53. The molecule has 2 rings (SSSR count). The van der Waals surface area contributed by atoms with E-state index in [1.165, 1.54) is 5.56 Å². The molecule has 1 N–H and O–H groups in total. The van der Waals surface area contributed by atoms with Crippen LogP contribution in [0.5, 0.6) is 0 Å². The fourth-order valence-electron chi connectivity index (χ4n) is 1.69. The van der Waals surface area contributed by atoms with E-state index in [2.05, 4.69) is 38.0 Å². The maximum absolute atomic E-state index is 11.5. The highest BCUT2D eigenvalue weighted by Crippen LogP contribution is 2.05. The van der Waals surface area contributed by atoms with Crippen LogP contribution in [0.2, 0.25) is 0 Å². The Balaban J connectivity index is 1.93. The molecular formula is C13H13BrN2O. The Labute approximate surface area is 108 Å². The zero-order chi connectivity index (χ0) is 12.1. The Morgan fingerprint density at radius 1 is 1.18 bits per heavy atom. The van der Waals surface area contributed by atoms with Crippen molar-refractivity contribution in [2.45, 2.75) is 19.3 Å². The molecule has 0 atom stereocenters. The van der Waals surface area contributed by atoms with Crippen molar-refractivity contribution in [1.82, 2.24) is 9.97 Å². The summed E-state index contributed by atoms with van der Waals surface area (Å²) in [6, 6.07) is 10.3. The minimum Gasteiger partial charge on any atom is -0.314 e. The van der Waals surface area contributed by atoms with E-state index in [0.717, 1.165) is 12.8 Å². The highest BCUT2D eigenvalue weighted by Gasteiger charge is 2.02. The monoisotopic (exact) mass is 292 g/mol. The van der Waals surface area contributed by atoms with E-state index in [1.807, 2.05) is 18.2 Å². The topological polar surface area (TPSA) is 45.8 Å². The molecule has 0 aliphatic heterocycles. The third-order valence-electron chi connectivity index (χ3n) is 2.55. The van der Waals surface area contributed by atoms with Crippen LogP contribution in [0.1, 0.15) is 17.7 Å². The molecule has 17 heavy (non-hydrogen) atoms. The Kier molecular flexibility index (Phi) is 4.09. The van der Waals surface area contributed by atoms with Gasteiger partial charge in [0.2, 0.25) is 0 Å². The molecule has 0 radical (unpaired) electrons. The molecule has 1 aromatic carbocycles. The molecule has 1 aromatic heterocycles. The van der Waals surface area contributed by atoms with E-state index in [-0.39, 0.29) is 5.56 Å². The number of nitrogens with one attached hydrogen (secondary N) is 1. The Hall–Kier alpha value is -1.42. The van der Waals surface area contributed by atoms with Crippen molar-refractivity contribution >= 4 is 15.9 Å². The first kappa shape index (κ1) is 12.0. The second-order valence-electron chi connectivity index (χ2n) is 3.85. The Morgan fingerprint density at radius 2 is 1.94 bits per heavy atom. The lowest BCUT2D eigenvalue weighted by molar-refractivity contribution is 0.782. The largest absolute Gasteiger partial charge is 0.314 e. The molecule has 0 amide bonds. The quantitative estimate of drug-likeness (QED) is 0.942. The highest BCUT2D eigenvalue weighted by molar-refractivity contribution is 9.10. The third kappa shape index (κ3) is 3.53. The van der Waals surface area contributed by atoms with Crippen LogP contribution in [-0.2, 0) is 12.8 Å². The van der Waals surface area contributed by atoms with Crippen LogP contribution in [0, 0.1) is 0 Å². The second-order valence-corrected chi connectivity index (χ2v) is 4.70. The zero-order valence-corrected chi connectivity index (χ0v) is 10.9. The molecular weight excluding hydrogens is 280 g/mol. The summed E-state index contributed by atoms with van der Waals surface area (Å²) in [7, 11) is 0. The average molecular weight is 293 g/mol. The van der Waals surface area contributed by atoms with E-state index in [9.17, 15) is 4.79 Å². The van der Waals surface area contributed by atoms with Crippen molar-refractivity contribution in [3.8, 4) is 0 Å². The summed E-state index contributed by atoms with van der Waals surface area (Å²) in [6.07, 6.45) is 4.23. The van der Waals surface area contributed by atoms with Crippen LogP contribution in [0.15, 0.2) is 45.9 Å². The van der Waals surface area contributed by atoms with Gasteiger partial charge in [-0.2, -0.15) is 0 Å². The number of aromatic nitrogens is 2. The summed E-state index contributed by atoms with van der Waals surface area (Å²) in [5.41, 5.74) is 1.79. The lowest BCUT2D eigenvalue weighted by Crippen LogP contribution is -2.14. The first-order valence-corrected chi connectivity index (χ1v) is 6.32. The number of rotatable bonds is 4. The van der Waals surface area contributed by atoms with Crippen molar-refractivity contribution in [2.24, 2.45) is 0 Å². The number of hydrogen-bond donors (Lipinski definition) is 1. The number of aryl methyl sites for hydroxylation is 2. The molecule has 0 aliphatic rings. The Bertz CT molecular complexity index is 537. The molecule has 0 saturated carbocycles. The van der Waals surface area contributed by atoms with Crippen LogP contribution in [0.4, 0.5) is 0 Å². The molecule has 0 saturated heterocycles. The van der Waals surface area contributed by atoms with Crippen molar-refractivity contribution in [3.63, 3.8) is 0 Å². The van der Waals surface area contributed by atoms with Gasteiger partial charge in [0.05, 0.1) is 6.20 Å². The third-order valence-corrected chi connectivity index (χ3v) is 2.95. The van der Waals surface area contributed by atoms with Gasteiger partial charge in [0, 0.05) is 0 Å². The van der Waals surface area contributed by atoms with Gasteiger partial charge in [-0.15, -0.1) is 0 Å². The fraction of sp³-hybridized carbons (Fsp3) is 0.231. The number of nitrogens with zero attached hydrogens (tertiary/aromatic N) is 1. The van der Waals surface area contributed by atoms with Crippen LogP contribution in [-0.4, -0.2) is 9.97 Å². The smallest absolute Gasteiger partial charge is 0.270 e. The highest BCUT2D eigenvalue weighted by atomic mass is 79.9. The molecule has 0 unspecified atom stereocenters. The summed E-state index contributed by atoms with van der Waals surface area (Å²) in [5, 5.41) is 0. The molecule has 88 valence electrons. The maximum atomic E-state index is 11.5. The predicted octanol–water partition coefficient (Wildman–Crippen LogP) is 2.71. The molecule has 4 heteroatoms. The lowest BCUT2D eigenvalue weighted by Gasteiger charge is -2.01. The summed E-state index contributed by atoms with van der Waals surface area (Å²) in [6.45, 7) is 0. The molecule has 0 spiro atoms. The molecule has 3 nitrogen and oxygen atoms in total. The average Bonchev–Trinajstić information content (AvgIpc) is 2.33. The van der Waals surface area contributed by atoms with Gasteiger partial charge in [-0.3, -0.25) is 9.78 Å². The Morgan fingerprint density at radius 3 is 2.65 bits per heavy atom. The molecule has 0 bridgehead atoms. The van der Waals surface area contributed by atoms with E-state index < -0.39 is 0 Å². The summed E-state index contributed by atoms with van der Waals surface area (Å²) >= 11 is 3.18. The normalized spacial score (nSPS) is 10.4. The number of hydrogen-bond acceptors (Lipinski definition) is 2. The number of benzene rings is 1. The minimum absolute atomic E-state index is 0.104. The number of aromatic amines is 1. The van der Waals surface area contributed by atoms with Gasteiger partial charge in [-0.25, -0.2) is 0 Å². The van der Waals surface area contributed by atoms with Crippen LogP contribution in [0.25, 0.3) is 0 Å². The maximum Gasteiger partial charge on any atom is 0.270 e. The van der Waals surface area contributed by atoms with Crippen LogP contribution in [0.3, 0.4) is 0 Å². The van der Waals surface area contributed by atoms with Gasteiger partial charge in [-0.1, -0.05) is 30.3 Å². The van der Waals surface area contributed by atoms with Gasteiger partial charge in [0.1, 0.15) is 10.3 Å². The zero-order valence-electron chi connectivity index (χ0n) is 9.32. The van der Waals surface area contributed by atoms with Crippen LogP contribution < -0.4 is 5.56 Å². The van der Waals surface area contributed by atoms with Crippen molar-refractivity contribution in [2.75, 3.05) is 0 Å². The van der Waals surface area contributed by atoms with Gasteiger partial charge >= 0.3 is 0 Å². The van der Waals surface area contributed by atoms with E-state index >= 15 is 0 Å². The van der Waals surface area contributed by atoms with Gasteiger partial charge in [0.25, 0.3) is 5.56 Å². The van der Waals surface area contributed by atoms with Crippen molar-refractivity contribution in [3.05, 3.63) is 62.7 Å². The number of halogens is 1. The fourth-order valence-corrected chi connectivity index (χ4v) is 1.97. The molecule has 0 aliphatic carbocycles. The van der Waals surface area contributed by atoms with Crippen molar-refractivity contribution < 1.29 is 0 Å². The molecule has 2 aromatic rings. The van der Waals surface area contributed by atoms with E-state index in [4.69, 9.17) is 0 Å². The van der Waals surface area contributed by atoms with E-state index in [0.29, 0.717) is 16.7 Å². The second kappa shape index (κ2) is 5.77.